The summed E-state index contributed by atoms with van der Waals surface area (Å²) in [7, 11) is 0. The lowest BCUT2D eigenvalue weighted by molar-refractivity contribution is -0.113. The summed E-state index contributed by atoms with van der Waals surface area (Å²) in [5.74, 6) is 0.638. The molecular formula is C20H14N4O3S. The minimum atomic E-state index is -0.146. The van der Waals surface area contributed by atoms with Gasteiger partial charge in [0.2, 0.25) is 5.91 Å². The Balaban J connectivity index is 1.34. The third kappa shape index (κ3) is 2.97. The van der Waals surface area contributed by atoms with Crippen LogP contribution in [0.15, 0.2) is 62.7 Å². The Morgan fingerprint density at radius 3 is 2.93 bits per heavy atom. The topological polar surface area (TPSA) is 94.1 Å². The zero-order valence-corrected chi connectivity index (χ0v) is 15.6. The van der Waals surface area contributed by atoms with E-state index in [0.29, 0.717) is 33.3 Å². The molecule has 0 atom stereocenters. The third-order valence-corrected chi connectivity index (χ3v) is 5.21. The molecule has 0 bridgehead atoms. The third-order valence-electron chi connectivity index (χ3n) is 4.24. The van der Waals surface area contributed by atoms with E-state index in [-0.39, 0.29) is 11.7 Å². The number of aromatic nitrogens is 3. The van der Waals surface area contributed by atoms with E-state index in [0.717, 1.165) is 16.5 Å². The molecule has 28 heavy (non-hydrogen) atoms. The first-order valence-corrected chi connectivity index (χ1v) is 9.58. The monoisotopic (exact) mass is 390 g/mol. The summed E-state index contributed by atoms with van der Waals surface area (Å²) >= 11 is 1.31. The number of hydrogen-bond donors (Lipinski definition) is 1. The molecule has 0 aliphatic carbocycles. The lowest BCUT2D eigenvalue weighted by Gasteiger charge is -2.04. The van der Waals surface area contributed by atoms with Crippen molar-refractivity contribution in [1.82, 2.24) is 15.0 Å². The lowest BCUT2D eigenvalue weighted by atomic mass is 10.2. The van der Waals surface area contributed by atoms with Gasteiger partial charge < -0.3 is 14.2 Å². The van der Waals surface area contributed by atoms with Crippen LogP contribution in [0.4, 0.5) is 5.69 Å². The summed E-state index contributed by atoms with van der Waals surface area (Å²) < 4.78 is 11.3. The van der Waals surface area contributed by atoms with Crippen LogP contribution in [-0.2, 0) is 4.79 Å². The van der Waals surface area contributed by atoms with Gasteiger partial charge in [0.05, 0.1) is 5.75 Å². The van der Waals surface area contributed by atoms with Crippen LogP contribution in [0.1, 0.15) is 5.89 Å². The number of thioether (sulfide) groups is 1. The van der Waals surface area contributed by atoms with Gasteiger partial charge in [-0.25, -0.2) is 15.0 Å². The molecule has 1 amide bonds. The maximum atomic E-state index is 12.4. The van der Waals surface area contributed by atoms with Crippen LogP contribution in [0.2, 0.25) is 0 Å². The summed E-state index contributed by atoms with van der Waals surface area (Å²) in [5.41, 5.74) is 4.17. The number of oxazole rings is 1. The van der Waals surface area contributed by atoms with E-state index in [1.807, 2.05) is 24.3 Å². The van der Waals surface area contributed by atoms with E-state index in [2.05, 4.69) is 20.3 Å². The molecule has 7 nitrogen and oxygen atoms in total. The minimum Gasteiger partial charge on any atom is -0.451 e. The minimum absolute atomic E-state index is 0.146. The fraction of sp³-hybridized carbons (Fsp3) is 0.100. The van der Waals surface area contributed by atoms with E-state index < -0.39 is 0 Å². The molecule has 0 spiro atoms. The van der Waals surface area contributed by atoms with Gasteiger partial charge in [-0.3, -0.25) is 4.79 Å². The van der Waals surface area contributed by atoms with Crippen molar-refractivity contribution >= 4 is 56.5 Å². The number of rotatable bonds is 4. The number of aryl methyl sites for hydroxylation is 1. The quantitative estimate of drug-likeness (QED) is 0.355. The van der Waals surface area contributed by atoms with E-state index >= 15 is 0 Å². The summed E-state index contributed by atoms with van der Waals surface area (Å²) in [6.45, 7) is 1.79. The van der Waals surface area contributed by atoms with E-state index in [1.165, 1.54) is 18.1 Å². The molecule has 0 aliphatic heterocycles. The molecule has 1 N–H and O–H groups in total. The van der Waals surface area contributed by atoms with Crippen LogP contribution in [-0.4, -0.2) is 26.6 Å². The second kappa shape index (κ2) is 6.65. The molecule has 0 saturated carbocycles. The highest BCUT2D eigenvalue weighted by molar-refractivity contribution is 8.00. The standard InChI is InChI=1S/C20H14N4O3S/c1-11-23-14-8-12(6-7-16(14)26-11)24-17(25)9-28-20-19-18(21-10-22-20)13-4-2-3-5-15(13)27-19/h2-8,10H,9H2,1H3,(H,24,25). The van der Waals surface area contributed by atoms with Crippen molar-refractivity contribution in [3.8, 4) is 0 Å². The molecule has 5 rings (SSSR count). The van der Waals surface area contributed by atoms with Gasteiger partial charge in [-0.05, 0) is 30.3 Å². The van der Waals surface area contributed by atoms with Gasteiger partial charge in [0, 0.05) is 18.0 Å². The average Bonchev–Trinajstić information content (AvgIpc) is 3.25. The number of hydrogen-bond acceptors (Lipinski definition) is 7. The van der Waals surface area contributed by atoms with Crippen LogP contribution in [0.5, 0.6) is 0 Å². The number of anilines is 1. The second-order valence-corrected chi connectivity index (χ2v) is 7.17. The number of nitrogens with zero attached hydrogens (tertiary/aromatic N) is 3. The SMILES string of the molecule is Cc1nc2cc(NC(=O)CSc3ncnc4c3oc3ccccc34)ccc2o1. The van der Waals surface area contributed by atoms with Gasteiger partial charge in [-0.1, -0.05) is 23.9 Å². The molecule has 0 aliphatic rings. The number of furan rings is 1. The van der Waals surface area contributed by atoms with E-state index in [4.69, 9.17) is 8.83 Å². The molecule has 5 aromatic rings. The van der Waals surface area contributed by atoms with E-state index in [9.17, 15) is 4.79 Å². The second-order valence-electron chi connectivity index (χ2n) is 6.21. The van der Waals surface area contributed by atoms with Crippen molar-refractivity contribution in [2.45, 2.75) is 11.9 Å². The average molecular weight is 390 g/mol. The molecule has 0 radical (unpaired) electrons. The van der Waals surface area contributed by atoms with Gasteiger partial charge in [-0.2, -0.15) is 0 Å². The first kappa shape index (κ1) is 16.8. The summed E-state index contributed by atoms with van der Waals surface area (Å²) in [4.78, 5) is 25.3. The normalized spacial score (nSPS) is 11.5. The Hall–Kier alpha value is -3.39. The van der Waals surface area contributed by atoms with Crippen LogP contribution >= 0.6 is 11.8 Å². The van der Waals surface area contributed by atoms with Gasteiger partial charge >= 0.3 is 0 Å². The molecule has 0 unspecified atom stereocenters. The van der Waals surface area contributed by atoms with Crippen molar-refractivity contribution in [3.05, 3.63) is 54.7 Å². The molecule has 3 heterocycles. The smallest absolute Gasteiger partial charge is 0.234 e. The lowest BCUT2D eigenvalue weighted by Crippen LogP contribution is -2.14. The Labute approximate surface area is 163 Å². The number of fused-ring (bicyclic) bond motifs is 4. The highest BCUT2D eigenvalue weighted by atomic mass is 32.2. The van der Waals surface area contributed by atoms with Gasteiger partial charge in [-0.15, -0.1) is 0 Å². The largest absolute Gasteiger partial charge is 0.451 e. The Kier molecular flexibility index (Phi) is 3.98. The molecule has 8 heteroatoms. The Morgan fingerprint density at radius 2 is 2.00 bits per heavy atom. The van der Waals surface area contributed by atoms with Crippen LogP contribution < -0.4 is 5.32 Å². The van der Waals surface area contributed by atoms with Crippen molar-refractivity contribution < 1.29 is 13.6 Å². The zero-order chi connectivity index (χ0) is 19.1. The highest BCUT2D eigenvalue weighted by Crippen LogP contribution is 2.32. The fourth-order valence-electron chi connectivity index (χ4n) is 3.06. The predicted molar refractivity (Wildman–Crippen MR) is 107 cm³/mol. The first-order valence-electron chi connectivity index (χ1n) is 8.59. The van der Waals surface area contributed by atoms with Gasteiger partial charge in [0.25, 0.3) is 0 Å². The molecule has 0 saturated heterocycles. The van der Waals surface area contributed by atoms with Gasteiger partial charge in [0.15, 0.2) is 17.1 Å². The number of nitrogens with one attached hydrogen (secondary N) is 1. The maximum absolute atomic E-state index is 12.4. The van der Waals surface area contributed by atoms with Crippen LogP contribution in [0.3, 0.4) is 0 Å². The molecule has 2 aromatic carbocycles. The zero-order valence-electron chi connectivity index (χ0n) is 14.8. The molecular weight excluding hydrogens is 376 g/mol. The van der Waals surface area contributed by atoms with Gasteiger partial charge in [0.1, 0.15) is 28.0 Å². The summed E-state index contributed by atoms with van der Waals surface area (Å²) in [6, 6.07) is 13.1. The van der Waals surface area contributed by atoms with Crippen LogP contribution in [0.25, 0.3) is 33.2 Å². The Bertz CT molecular complexity index is 1340. The molecule has 0 fully saturated rings. The fourth-order valence-corrected chi connectivity index (χ4v) is 3.79. The maximum Gasteiger partial charge on any atom is 0.234 e. The summed E-state index contributed by atoms with van der Waals surface area (Å²) in [6.07, 6.45) is 1.49. The predicted octanol–water partition coefficient (Wildman–Crippen LogP) is 4.56. The molecule has 3 aromatic heterocycles. The first-order chi connectivity index (χ1) is 13.7. The number of amides is 1. The number of carbonyl (C=O) groups excluding carboxylic acids is 1. The van der Waals surface area contributed by atoms with Crippen molar-refractivity contribution in [2.75, 3.05) is 11.1 Å². The summed E-state index contributed by atoms with van der Waals surface area (Å²) in [5, 5.41) is 4.44. The molecule has 138 valence electrons. The van der Waals surface area contributed by atoms with Crippen molar-refractivity contribution in [1.29, 1.82) is 0 Å². The number of carbonyl (C=O) groups is 1. The Morgan fingerprint density at radius 1 is 1.11 bits per heavy atom. The van der Waals surface area contributed by atoms with Crippen molar-refractivity contribution in [2.24, 2.45) is 0 Å². The number of para-hydroxylation sites is 1. The number of benzene rings is 2. The highest BCUT2D eigenvalue weighted by Gasteiger charge is 2.15. The van der Waals surface area contributed by atoms with Crippen molar-refractivity contribution in [3.63, 3.8) is 0 Å². The van der Waals surface area contributed by atoms with E-state index in [1.54, 1.807) is 25.1 Å². The van der Waals surface area contributed by atoms with Crippen LogP contribution in [0, 0.1) is 6.92 Å².